The molecule has 0 radical (unpaired) electrons. The maximum Gasteiger partial charge on any atom is 0.338 e. The first-order valence-electron chi connectivity index (χ1n) is 7.50. The fourth-order valence-electron chi connectivity index (χ4n) is 1.92. The van der Waals surface area contributed by atoms with Crippen molar-refractivity contribution >= 4 is 29.2 Å². The minimum atomic E-state index is -0.684. The van der Waals surface area contributed by atoms with E-state index in [0.717, 1.165) is 0 Å². The monoisotopic (exact) mass is 347 g/mol. The van der Waals surface area contributed by atoms with Crippen molar-refractivity contribution in [1.29, 1.82) is 0 Å². The van der Waals surface area contributed by atoms with Crippen LogP contribution in [0.3, 0.4) is 0 Å². The molecule has 0 saturated carbocycles. The molecule has 2 rings (SSSR count). The molecule has 0 spiro atoms. The third-order valence-electron chi connectivity index (χ3n) is 3.16. The molecule has 24 heavy (non-hydrogen) atoms. The number of carbonyl (C=O) groups is 2. The molecule has 0 bridgehead atoms. The second-order valence-corrected chi connectivity index (χ2v) is 5.44. The van der Waals surface area contributed by atoms with Gasteiger partial charge in [-0.15, -0.1) is 0 Å². The standard InChI is InChI=1S/C18H18ClNO4/c1-3-23-18(22)13-4-8-15(9-5-13)20-17(21)12(2)24-16-10-6-14(19)7-11-16/h4-12H,3H2,1-2H3,(H,20,21). The normalized spacial score (nSPS) is 11.5. The number of anilines is 1. The average Bonchev–Trinajstić information content (AvgIpc) is 2.57. The molecule has 1 unspecified atom stereocenters. The van der Waals surface area contributed by atoms with Crippen molar-refractivity contribution in [3.63, 3.8) is 0 Å². The van der Waals surface area contributed by atoms with E-state index in [1.807, 2.05) is 0 Å². The molecular formula is C18H18ClNO4. The Morgan fingerprint density at radius 2 is 1.71 bits per heavy atom. The number of esters is 1. The molecule has 0 saturated heterocycles. The number of carbonyl (C=O) groups excluding carboxylic acids is 2. The lowest BCUT2D eigenvalue weighted by atomic mass is 10.2. The average molecular weight is 348 g/mol. The topological polar surface area (TPSA) is 64.6 Å². The Morgan fingerprint density at radius 1 is 1.08 bits per heavy atom. The van der Waals surface area contributed by atoms with Crippen molar-refractivity contribution in [3.05, 3.63) is 59.1 Å². The van der Waals surface area contributed by atoms with Crippen LogP contribution in [0.1, 0.15) is 24.2 Å². The van der Waals surface area contributed by atoms with Crippen molar-refractivity contribution in [1.82, 2.24) is 0 Å². The number of rotatable bonds is 6. The molecule has 0 heterocycles. The smallest absolute Gasteiger partial charge is 0.338 e. The summed E-state index contributed by atoms with van der Waals surface area (Å²) in [6.45, 7) is 3.71. The highest BCUT2D eigenvalue weighted by atomic mass is 35.5. The Bertz CT molecular complexity index is 698. The van der Waals surface area contributed by atoms with Crippen LogP contribution in [0.5, 0.6) is 5.75 Å². The number of nitrogens with one attached hydrogen (secondary N) is 1. The lowest BCUT2D eigenvalue weighted by molar-refractivity contribution is -0.122. The number of hydrogen-bond acceptors (Lipinski definition) is 4. The molecule has 5 nitrogen and oxygen atoms in total. The van der Waals surface area contributed by atoms with Gasteiger partial charge in [-0.25, -0.2) is 4.79 Å². The predicted molar refractivity (Wildman–Crippen MR) is 92.6 cm³/mol. The van der Waals surface area contributed by atoms with E-state index in [-0.39, 0.29) is 5.91 Å². The van der Waals surface area contributed by atoms with E-state index in [0.29, 0.717) is 28.6 Å². The molecule has 1 amide bonds. The Balaban J connectivity index is 1.93. The summed E-state index contributed by atoms with van der Waals surface area (Å²) in [4.78, 5) is 23.7. The summed E-state index contributed by atoms with van der Waals surface area (Å²) in [6.07, 6.45) is -0.684. The first kappa shape index (κ1) is 17.8. The molecular weight excluding hydrogens is 330 g/mol. The molecule has 126 valence electrons. The van der Waals surface area contributed by atoms with Crippen molar-refractivity contribution in [2.75, 3.05) is 11.9 Å². The summed E-state index contributed by atoms with van der Waals surface area (Å²) in [5.74, 6) is -0.136. The number of ether oxygens (including phenoxy) is 2. The second kappa shape index (κ2) is 8.36. The van der Waals surface area contributed by atoms with Gasteiger partial charge in [0, 0.05) is 10.7 Å². The highest BCUT2D eigenvalue weighted by Crippen LogP contribution is 2.17. The summed E-state index contributed by atoms with van der Waals surface area (Å²) >= 11 is 5.81. The molecule has 0 aliphatic carbocycles. The zero-order chi connectivity index (χ0) is 17.5. The Labute approximate surface area is 145 Å². The van der Waals surface area contributed by atoms with E-state index in [1.54, 1.807) is 62.4 Å². The third-order valence-corrected chi connectivity index (χ3v) is 3.41. The summed E-state index contributed by atoms with van der Waals surface area (Å²) in [5, 5.41) is 3.33. The van der Waals surface area contributed by atoms with Gasteiger partial charge in [0.15, 0.2) is 6.10 Å². The van der Waals surface area contributed by atoms with Gasteiger partial charge in [-0.3, -0.25) is 4.79 Å². The van der Waals surface area contributed by atoms with Gasteiger partial charge in [0.25, 0.3) is 5.91 Å². The van der Waals surface area contributed by atoms with Crippen LogP contribution in [0.25, 0.3) is 0 Å². The van der Waals surface area contributed by atoms with Crippen LogP contribution < -0.4 is 10.1 Å². The molecule has 2 aromatic rings. The fraction of sp³-hybridized carbons (Fsp3) is 0.222. The maximum atomic E-state index is 12.2. The van der Waals surface area contributed by atoms with Crippen LogP contribution in [-0.4, -0.2) is 24.6 Å². The first-order chi connectivity index (χ1) is 11.5. The molecule has 0 aliphatic rings. The molecule has 2 aromatic carbocycles. The van der Waals surface area contributed by atoms with Gasteiger partial charge in [0.05, 0.1) is 12.2 Å². The van der Waals surface area contributed by atoms with E-state index < -0.39 is 12.1 Å². The van der Waals surface area contributed by atoms with Gasteiger partial charge < -0.3 is 14.8 Å². The Hall–Kier alpha value is -2.53. The van der Waals surface area contributed by atoms with Gasteiger partial charge in [-0.2, -0.15) is 0 Å². The summed E-state index contributed by atoms with van der Waals surface area (Å²) < 4.78 is 10.5. The van der Waals surface area contributed by atoms with Gasteiger partial charge in [-0.1, -0.05) is 11.6 Å². The second-order valence-electron chi connectivity index (χ2n) is 5.00. The SMILES string of the molecule is CCOC(=O)c1ccc(NC(=O)C(C)Oc2ccc(Cl)cc2)cc1. The minimum absolute atomic E-state index is 0.297. The first-order valence-corrected chi connectivity index (χ1v) is 7.87. The van der Waals surface area contributed by atoms with Gasteiger partial charge in [0.2, 0.25) is 0 Å². The molecule has 6 heteroatoms. The summed E-state index contributed by atoms with van der Waals surface area (Å²) in [7, 11) is 0. The Kier molecular flexibility index (Phi) is 6.21. The molecule has 0 aliphatic heterocycles. The lowest BCUT2D eigenvalue weighted by Gasteiger charge is -2.15. The zero-order valence-electron chi connectivity index (χ0n) is 13.4. The van der Waals surface area contributed by atoms with E-state index in [2.05, 4.69) is 5.32 Å². The van der Waals surface area contributed by atoms with Gasteiger partial charge in [0.1, 0.15) is 5.75 Å². The molecule has 0 aromatic heterocycles. The van der Waals surface area contributed by atoms with E-state index in [1.165, 1.54) is 0 Å². The lowest BCUT2D eigenvalue weighted by Crippen LogP contribution is -2.30. The highest BCUT2D eigenvalue weighted by Gasteiger charge is 2.15. The van der Waals surface area contributed by atoms with Crippen molar-refractivity contribution in [2.45, 2.75) is 20.0 Å². The van der Waals surface area contributed by atoms with Crippen LogP contribution >= 0.6 is 11.6 Å². The van der Waals surface area contributed by atoms with Crippen molar-refractivity contribution < 1.29 is 19.1 Å². The van der Waals surface area contributed by atoms with Gasteiger partial charge in [-0.05, 0) is 62.4 Å². The number of halogens is 1. The Morgan fingerprint density at radius 3 is 2.29 bits per heavy atom. The maximum absolute atomic E-state index is 12.2. The number of amides is 1. The van der Waals surface area contributed by atoms with Gasteiger partial charge >= 0.3 is 5.97 Å². The number of hydrogen-bond donors (Lipinski definition) is 1. The third kappa shape index (κ3) is 4.99. The molecule has 0 fully saturated rings. The van der Waals surface area contributed by atoms with Crippen molar-refractivity contribution in [2.24, 2.45) is 0 Å². The molecule has 1 N–H and O–H groups in total. The van der Waals surface area contributed by atoms with E-state index in [4.69, 9.17) is 21.1 Å². The zero-order valence-corrected chi connectivity index (χ0v) is 14.2. The number of benzene rings is 2. The predicted octanol–water partition coefficient (Wildman–Crippen LogP) is 3.92. The highest BCUT2D eigenvalue weighted by molar-refractivity contribution is 6.30. The van der Waals surface area contributed by atoms with Crippen LogP contribution in [0, 0.1) is 0 Å². The summed E-state index contributed by atoms with van der Waals surface area (Å²) in [6, 6.07) is 13.2. The summed E-state index contributed by atoms with van der Waals surface area (Å²) in [5.41, 5.74) is 1.000. The van der Waals surface area contributed by atoms with Crippen molar-refractivity contribution in [3.8, 4) is 5.75 Å². The van der Waals surface area contributed by atoms with Crippen LogP contribution in [0.15, 0.2) is 48.5 Å². The largest absolute Gasteiger partial charge is 0.481 e. The minimum Gasteiger partial charge on any atom is -0.481 e. The van der Waals surface area contributed by atoms with Crippen LogP contribution in [0.4, 0.5) is 5.69 Å². The van der Waals surface area contributed by atoms with E-state index in [9.17, 15) is 9.59 Å². The fourth-order valence-corrected chi connectivity index (χ4v) is 2.04. The van der Waals surface area contributed by atoms with Crippen LogP contribution in [0.2, 0.25) is 5.02 Å². The molecule has 1 atom stereocenters. The van der Waals surface area contributed by atoms with Crippen LogP contribution in [-0.2, 0) is 9.53 Å². The quantitative estimate of drug-likeness (QED) is 0.804. The van der Waals surface area contributed by atoms with E-state index >= 15 is 0 Å².